The van der Waals surface area contributed by atoms with Crippen LogP contribution in [0.4, 0.5) is 0 Å². The number of aromatic hydroxyl groups is 1. The molecule has 1 aromatic carbocycles. The van der Waals surface area contributed by atoms with E-state index >= 15 is 0 Å². The molecule has 9 nitrogen and oxygen atoms in total. The third-order valence-electron chi connectivity index (χ3n) is 3.47. The molecule has 26 heavy (non-hydrogen) atoms. The van der Waals surface area contributed by atoms with Crippen LogP contribution in [0.1, 0.15) is 18.4 Å². The van der Waals surface area contributed by atoms with Gasteiger partial charge in [0.05, 0.1) is 13.2 Å². The Morgan fingerprint density at radius 3 is 2.27 bits per heavy atom. The summed E-state index contributed by atoms with van der Waals surface area (Å²) >= 11 is 4.01. The molecule has 144 valence electrons. The number of primary amides is 1. The number of benzene rings is 1. The van der Waals surface area contributed by atoms with Crippen LogP contribution < -0.4 is 28.3 Å². The topological polar surface area (TPSA) is 183 Å². The number of aliphatic imine (C=N–C) groups is 1. The second kappa shape index (κ2) is 10.7. The molecule has 0 saturated heterocycles. The van der Waals surface area contributed by atoms with Gasteiger partial charge in [-0.1, -0.05) is 0 Å². The van der Waals surface area contributed by atoms with E-state index in [4.69, 9.17) is 22.9 Å². The highest BCUT2D eigenvalue weighted by molar-refractivity contribution is 14.1. The SMILES string of the molecule is NC(=O)[C@H](CCCN=C(N)N)NC(=O)[C@@H](N)Cc1cc([125I])c(O)c([125I])c1. The Morgan fingerprint density at radius 1 is 1.19 bits per heavy atom. The number of carbonyl (C=O) groups is 2. The number of nitrogens with one attached hydrogen (secondary N) is 1. The van der Waals surface area contributed by atoms with Crippen molar-refractivity contribution >= 4 is 63.0 Å². The molecule has 2 amide bonds. The Labute approximate surface area is 178 Å². The number of amides is 2. The van der Waals surface area contributed by atoms with Crippen LogP contribution in [0.5, 0.6) is 5.75 Å². The lowest BCUT2D eigenvalue weighted by atomic mass is 10.0. The standard InChI is InChI=1S/C15H22I2N6O3/c16-8-4-7(5-9(17)12(8)24)6-10(18)14(26)23-11(13(19)25)2-1-3-22-15(20)21/h4-5,10-11,24H,1-3,6,18H2,(H2,19,25)(H,23,26)(H4,20,21,22)/t10-,11-/m0/s1/i16-2,17-2. The van der Waals surface area contributed by atoms with E-state index in [9.17, 15) is 14.7 Å². The first kappa shape index (κ1) is 22.7. The number of guanidine groups is 1. The van der Waals surface area contributed by atoms with Gasteiger partial charge in [-0.05, 0) is 82.1 Å². The van der Waals surface area contributed by atoms with Crippen molar-refractivity contribution in [2.75, 3.05) is 6.54 Å². The van der Waals surface area contributed by atoms with Gasteiger partial charge in [0.15, 0.2) is 5.96 Å². The first-order valence-corrected chi connectivity index (χ1v) is 9.85. The lowest BCUT2D eigenvalue weighted by Gasteiger charge is -2.18. The highest BCUT2D eigenvalue weighted by Gasteiger charge is 2.22. The summed E-state index contributed by atoms with van der Waals surface area (Å²) in [7, 11) is 0. The van der Waals surface area contributed by atoms with E-state index < -0.39 is 23.9 Å². The second-order valence-electron chi connectivity index (χ2n) is 5.63. The Hall–Kier alpha value is -1.35. The van der Waals surface area contributed by atoms with Crippen LogP contribution in [-0.2, 0) is 16.0 Å². The minimum Gasteiger partial charge on any atom is -0.506 e. The number of hydrogen-bond acceptors (Lipinski definition) is 5. The summed E-state index contributed by atoms with van der Waals surface area (Å²) in [4.78, 5) is 27.6. The summed E-state index contributed by atoms with van der Waals surface area (Å²) in [5.74, 6) is -0.968. The number of phenolic OH excluding ortho intramolecular Hbond substituents is 1. The van der Waals surface area contributed by atoms with Crippen molar-refractivity contribution < 1.29 is 14.7 Å². The molecule has 0 fully saturated rings. The van der Waals surface area contributed by atoms with Crippen LogP contribution in [0, 0.1) is 7.14 Å². The molecule has 0 heterocycles. The van der Waals surface area contributed by atoms with E-state index in [0.29, 0.717) is 26.5 Å². The molecule has 1 aromatic rings. The Kier molecular flexibility index (Phi) is 9.35. The quantitative estimate of drug-likeness (QED) is 0.0985. The molecule has 0 radical (unpaired) electrons. The van der Waals surface area contributed by atoms with Gasteiger partial charge in [0.25, 0.3) is 0 Å². The molecule has 0 aromatic heterocycles. The minimum absolute atomic E-state index is 0.0372. The van der Waals surface area contributed by atoms with Crippen molar-refractivity contribution in [2.24, 2.45) is 27.9 Å². The van der Waals surface area contributed by atoms with Gasteiger partial charge in [0.1, 0.15) is 11.8 Å². The highest BCUT2D eigenvalue weighted by Crippen LogP contribution is 2.27. The Bertz CT molecular complexity index is 671. The van der Waals surface area contributed by atoms with E-state index in [0.717, 1.165) is 5.56 Å². The zero-order valence-corrected chi connectivity index (χ0v) is 18.2. The summed E-state index contributed by atoms with van der Waals surface area (Å²) in [5.41, 5.74) is 22.5. The number of phenols is 1. The van der Waals surface area contributed by atoms with Gasteiger partial charge in [-0.3, -0.25) is 14.6 Å². The van der Waals surface area contributed by atoms with Crippen LogP contribution in [-0.4, -0.2) is 41.5 Å². The first-order valence-electron chi connectivity index (χ1n) is 7.69. The predicted molar refractivity (Wildman–Crippen MR) is 116 cm³/mol. The summed E-state index contributed by atoms with van der Waals surface area (Å²) in [5, 5.41) is 12.4. The number of hydrogen-bond donors (Lipinski definition) is 6. The van der Waals surface area contributed by atoms with Crippen LogP contribution in [0.25, 0.3) is 0 Å². The number of nitrogens with zero attached hydrogens (tertiary/aromatic N) is 1. The fourth-order valence-electron chi connectivity index (χ4n) is 2.15. The van der Waals surface area contributed by atoms with Crippen molar-refractivity contribution in [2.45, 2.75) is 31.3 Å². The fourth-order valence-corrected chi connectivity index (χ4v) is 4.05. The van der Waals surface area contributed by atoms with E-state index in [-0.39, 0.29) is 18.1 Å². The van der Waals surface area contributed by atoms with Crippen LogP contribution in [0.3, 0.4) is 0 Å². The van der Waals surface area contributed by atoms with Crippen LogP contribution in [0.15, 0.2) is 17.1 Å². The maximum atomic E-state index is 12.3. The van der Waals surface area contributed by atoms with E-state index in [1.54, 1.807) is 12.1 Å². The van der Waals surface area contributed by atoms with Gasteiger partial charge in [-0.2, -0.15) is 0 Å². The molecule has 0 aliphatic heterocycles. The summed E-state index contributed by atoms with van der Waals surface area (Å²) in [6, 6.07) is 1.81. The molecule has 1 rings (SSSR count). The van der Waals surface area contributed by atoms with Crippen LogP contribution in [0.2, 0.25) is 0 Å². The maximum Gasteiger partial charge on any atom is 0.240 e. The number of carbonyl (C=O) groups excluding carboxylic acids is 2. The van der Waals surface area contributed by atoms with Gasteiger partial charge >= 0.3 is 0 Å². The largest absolute Gasteiger partial charge is 0.506 e. The average Bonchev–Trinajstić information content (AvgIpc) is 2.54. The molecule has 0 aliphatic carbocycles. The van der Waals surface area contributed by atoms with Gasteiger partial charge in [0.2, 0.25) is 11.8 Å². The molecule has 0 bridgehead atoms. The smallest absolute Gasteiger partial charge is 0.240 e. The normalized spacial score (nSPS) is 12.9. The third-order valence-corrected chi connectivity index (χ3v) is 5.12. The zero-order valence-electron chi connectivity index (χ0n) is 13.9. The zero-order chi connectivity index (χ0) is 19.9. The molecule has 0 spiro atoms. The number of nitrogens with two attached hydrogens (primary N) is 4. The molecule has 0 aliphatic rings. The number of rotatable bonds is 9. The lowest BCUT2D eigenvalue weighted by Crippen LogP contribution is -2.51. The van der Waals surface area contributed by atoms with Crippen molar-refractivity contribution in [1.29, 1.82) is 0 Å². The van der Waals surface area contributed by atoms with Gasteiger partial charge in [-0.15, -0.1) is 0 Å². The van der Waals surface area contributed by atoms with Crippen molar-refractivity contribution in [1.82, 2.24) is 5.32 Å². The Morgan fingerprint density at radius 2 is 1.77 bits per heavy atom. The Balaban J connectivity index is 2.65. The molecule has 2 atom stereocenters. The molecular weight excluding hydrogens is 562 g/mol. The summed E-state index contributed by atoms with van der Waals surface area (Å²) in [6.45, 7) is 0.332. The van der Waals surface area contributed by atoms with Gasteiger partial charge in [-0.25, -0.2) is 0 Å². The van der Waals surface area contributed by atoms with E-state index in [1.807, 2.05) is 45.2 Å². The van der Waals surface area contributed by atoms with Gasteiger partial charge < -0.3 is 33.4 Å². The van der Waals surface area contributed by atoms with E-state index in [1.165, 1.54) is 0 Å². The van der Waals surface area contributed by atoms with Crippen molar-refractivity contribution in [3.63, 3.8) is 0 Å². The lowest BCUT2D eigenvalue weighted by molar-refractivity contribution is -0.128. The molecule has 0 unspecified atom stereocenters. The van der Waals surface area contributed by atoms with Gasteiger partial charge in [0, 0.05) is 6.54 Å². The average molecular weight is 584 g/mol. The second-order valence-corrected chi connectivity index (χ2v) is 7.96. The maximum absolute atomic E-state index is 12.3. The third kappa shape index (κ3) is 7.49. The highest BCUT2D eigenvalue weighted by atomic mass is 125. The molecular formula is C15H22I2N6O3. The summed E-state index contributed by atoms with van der Waals surface area (Å²) in [6.07, 6.45) is 1.05. The predicted octanol–water partition coefficient (Wildman–Crippen LogP) is -0.505. The van der Waals surface area contributed by atoms with Crippen molar-refractivity contribution in [3.8, 4) is 5.75 Å². The molecule has 10 N–H and O–H groups in total. The molecule has 11 heteroatoms. The first-order chi connectivity index (χ1) is 12.1. The van der Waals surface area contributed by atoms with Crippen molar-refractivity contribution in [3.05, 3.63) is 24.8 Å². The van der Waals surface area contributed by atoms with E-state index in [2.05, 4.69) is 10.3 Å². The van der Waals surface area contributed by atoms with Crippen LogP contribution >= 0.6 is 45.2 Å². The summed E-state index contributed by atoms with van der Waals surface area (Å²) < 4.78 is 1.35. The molecule has 0 saturated carbocycles. The fraction of sp³-hybridized carbons (Fsp3) is 0.400. The monoisotopic (exact) mass is 584 g/mol. The number of halogens is 2. The minimum atomic E-state index is -0.856.